The van der Waals surface area contributed by atoms with Gasteiger partial charge in [-0.2, -0.15) is 0 Å². The highest BCUT2D eigenvalue weighted by Crippen LogP contribution is 2.08. The Kier molecular flexibility index (Phi) is 3.98. The van der Waals surface area contributed by atoms with E-state index in [0.717, 1.165) is 6.54 Å². The van der Waals surface area contributed by atoms with E-state index in [4.69, 9.17) is 0 Å². The molecule has 1 aliphatic rings. The van der Waals surface area contributed by atoms with Gasteiger partial charge in [0.1, 0.15) is 0 Å². The van der Waals surface area contributed by atoms with Crippen LogP contribution in [0.3, 0.4) is 0 Å². The number of hydrogen-bond donors (Lipinski definition) is 2. The summed E-state index contributed by atoms with van der Waals surface area (Å²) < 4.78 is 0. The van der Waals surface area contributed by atoms with Gasteiger partial charge >= 0.3 is 0 Å². The molecule has 3 nitrogen and oxygen atoms in total. The number of rotatable bonds is 4. The molecule has 0 aromatic rings. The molecule has 0 bridgehead atoms. The van der Waals surface area contributed by atoms with Crippen LogP contribution < -0.4 is 10.6 Å². The number of nitrogens with zero attached hydrogens (tertiary/aromatic N) is 1. The van der Waals surface area contributed by atoms with Crippen LogP contribution in [0.4, 0.5) is 0 Å². The van der Waals surface area contributed by atoms with E-state index in [2.05, 4.69) is 29.4 Å². The van der Waals surface area contributed by atoms with Gasteiger partial charge in [0, 0.05) is 25.2 Å². The van der Waals surface area contributed by atoms with Crippen molar-refractivity contribution in [3.8, 4) is 0 Å². The molecule has 1 aliphatic heterocycles. The lowest BCUT2D eigenvalue weighted by Crippen LogP contribution is -2.45. The van der Waals surface area contributed by atoms with Crippen molar-refractivity contribution < 1.29 is 0 Å². The van der Waals surface area contributed by atoms with Gasteiger partial charge in [0.25, 0.3) is 0 Å². The first-order valence-electron chi connectivity index (χ1n) is 4.94. The van der Waals surface area contributed by atoms with Crippen LogP contribution in [0.2, 0.25) is 0 Å². The van der Waals surface area contributed by atoms with Crippen LogP contribution in [-0.2, 0) is 0 Å². The summed E-state index contributed by atoms with van der Waals surface area (Å²) in [6.45, 7) is 9.00. The Morgan fingerprint density at radius 1 is 1.25 bits per heavy atom. The van der Waals surface area contributed by atoms with Gasteiger partial charge in [-0.3, -0.25) is 0 Å². The fourth-order valence-corrected chi connectivity index (χ4v) is 1.91. The van der Waals surface area contributed by atoms with Crippen molar-refractivity contribution in [3.05, 3.63) is 0 Å². The number of nitrogens with one attached hydrogen (secondary N) is 2. The minimum Gasteiger partial charge on any atom is -0.314 e. The van der Waals surface area contributed by atoms with E-state index in [0.29, 0.717) is 12.1 Å². The van der Waals surface area contributed by atoms with Gasteiger partial charge in [0.2, 0.25) is 0 Å². The largest absolute Gasteiger partial charge is 0.314 e. The Hall–Kier alpha value is -0.120. The summed E-state index contributed by atoms with van der Waals surface area (Å²) in [6, 6.07) is 1.27. The first-order chi connectivity index (χ1) is 5.81. The van der Waals surface area contributed by atoms with Crippen LogP contribution in [0.25, 0.3) is 0 Å². The first-order valence-corrected chi connectivity index (χ1v) is 4.94. The van der Waals surface area contributed by atoms with Crippen molar-refractivity contribution in [1.82, 2.24) is 15.5 Å². The van der Waals surface area contributed by atoms with Crippen LogP contribution in [0.1, 0.15) is 13.8 Å². The second kappa shape index (κ2) is 4.80. The lowest BCUT2D eigenvalue weighted by molar-refractivity contribution is 0.343. The van der Waals surface area contributed by atoms with Gasteiger partial charge in [0.15, 0.2) is 0 Å². The van der Waals surface area contributed by atoms with Crippen molar-refractivity contribution in [3.63, 3.8) is 0 Å². The zero-order valence-electron chi connectivity index (χ0n) is 8.43. The molecule has 3 heteroatoms. The average Bonchev–Trinajstić information content (AvgIpc) is 2.48. The summed E-state index contributed by atoms with van der Waals surface area (Å²) in [7, 11) is 2.05. The lowest BCUT2D eigenvalue weighted by atomic mass is 10.2. The fraction of sp³-hybridized carbons (Fsp3) is 1.00. The van der Waals surface area contributed by atoms with Gasteiger partial charge in [-0.25, -0.2) is 0 Å². The highest BCUT2D eigenvalue weighted by atomic mass is 15.2. The molecule has 1 heterocycles. The Labute approximate surface area is 75.5 Å². The van der Waals surface area contributed by atoms with E-state index in [1.807, 2.05) is 7.05 Å². The second-order valence-electron chi connectivity index (χ2n) is 3.41. The summed E-state index contributed by atoms with van der Waals surface area (Å²) in [5, 5.41) is 6.86. The van der Waals surface area contributed by atoms with Gasteiger partial charge in [-0.05, 0) is 20.1 Å². The quantitative estimate of drug-likeness (QED) is 0.618. The van der Waals surface area contributed by atoms with Crippen LogP contribution in [0.15, 0.2) is 0 Å². The van der Waals surface area contributed by atoms with Gasteiger partial charge in [0.05, 0.1) is 0 Å². The van der Waals surface area contributed by atoms with Crippen LogP contribution >= 0.6 is 0 Å². The van der Waals surface area contributed by atoms with Gasteiger partial charge in [-0.1, -0.05) is 13.8 Å². The number of likely N-dealkylation sites (N-methyl/N-ethyl adjacent to an activating group) is 3. The zero-order chi connectivity index (χ0) is 8.97. The molecule has 0 spiro atoms. The standard InChI is InChI=1S/C9H21N3/c1-4-11-9-7-12(5-2)6-8(9)10-3/h8-11H,4-7H2,1-3H3/t8-,9-/m1/s1. The molecule has 0 aromatic carbocycles. The SMILES string of the molecule is CCN[C@@H]1CN(CC)C[C@H]1NC. The molecule has 0 saturated carbocycles. The first kappa shape index (κ1) is 9.96. The molecule has 1 rings (SSSR count). The Morgan fingerprint density at radius 3 is 2.42 bits per heavy atom. The van der Waals surface area contributed by atoms with Crippen molar-refractivity contribution in [2.24, 2.45) is 0 Å². The second-order valence-corrected chi connectivity index (χ2v) is 3.41. The zero-order valence-corrected chi connectivity index (χ0v) is 8.43. The molecule has 0 unspecified atom stereocenters. The van der Waals surface area contributed by atoms with Crippen molar-refractivity contribution in [2.45, 2.75) is 25.9 Å². The maximum atomic E-state index is 3.51. The van der Waals surface area contributed by atoms with Crippen LogP contribution in [-0.4, -0.2) is 50.2 Å². The average molecular weight is 171 g/mol. The Morgan fingerprint density at radius 2 is 1.92 bits per heavy atom. The van der Waals surface area contributed by atoms with E-state index in [9.17, 15) is 0 Å². The predicted octanol–water partition coefficient (Wildman–Crippen LogP) is -0.112. The molecule has 0 radical (unpaired) electrons. The van der Waals surface area contributed by atoms with Crippen molar-refractivity contribution >= 4 is 0 Å². The molecule has 2 atom stereocenters. The van der Waals surface area contributed by atoms with E-state index >= 15 is 0 Å². The van der Waals surface area contributed by atoms with E-state index in [1.165, 1.54) is 19.6 Å². The van der Waals surface area contributed by atoms with E-state index in [-0.39, 0.29) is 0 Å². The third-order valence-corrected chi connectivity index (χ3v) is 2.68. The third kappa shape index (κ3) is 2.19. The summed E-state index contributed by atoms with van der Waals surface area (Å²) in [5.74, 6) is 0. The predicted molar refractivity (Wildman–Crippen MR) is 52.4 cm³/mol. The summed E-state index contributed by atoms with van der Waals surface area (Å²) in [6.07, 6.45) is 0. The maximum absolute atomic E-state index is 3.51. The Bertz CT molecular complexity index is 127. The molecule has 0 aliphatic carbocycles. The highest BCUT2D eigenvalue weighted by Gasteiger charge is 2.29. The normalized spacial score (nSPS) is 31.2. The minimum atomic E-state index is 0.630. The molecule has 1 fully saturated rings. The molecule has 1 saturated heterocycles. The highest BCUT2D eigenvalue weighted by molar-refractivity contribution is 4.92. The maximum Gasteiger partial charge on any atom is 0.0361 e. The molecular formula is C9H21N3. The molecule has 72 valence electrons. The third-order valence-electron chi connectivity index (χ3n) is 2.68. The van der Waals surface area contributed by atoms with Crippen LogP contribution in [0.5, 0.6) is 0 Å². The smallest absolute Gasteiger partial charge is 0.0361 e. The summed E-state index contributed by atoms with van der Waals surface area (Å²) in [4.78, 5) is 2.48. The van der Waals surface area contributed by atoms with Crippen molar-refractivity contribution in [2.75, 3.05) is 33.2 Å². The molecule has 0 amide bonds. The van der Waals surface area contributed by atoms with E-state index in [1.54, 1.807) is 0 Å². The lowest BCUT2D eigenvalue weighted by Gasteiger charge is -2.17. The van der Waals surface area contributed by atoms with Crippen LogP contribution in [0, 0.1) is 0 Å². The Balaban J connectivity index is 2.39. The molecule has 2 N–H and O–H groups in total. The molecule has 12 heavy (non-hydrogen) atoms. The van der Waals surface area contributed by atoms with Gasteiger partial charge in [-0.15, -0.1) is 0 Å². The fourth-order valence-electron chi connectivity index (χ4n) is 1.91. The monoisotopic (exact) mass is 171 g/mol. The van der Waals surface area contributed by atoms with E-state index < -0.39 is 0 Å². The summed E-state index contributed by atoms with van der Waals surface area (Å²) >= 11 is 0. The number of hydrogen-bond acceptors (Lipinski definition) is 3. The van der Waals surface area contributed by atoms with Gasteiger partial charge < -0.3 is 15.5 Å². The molecular weight excluding hydrogens is 150 g/mol. The minimum absolute atomic E-state index is 0.630. The number of likely N-dealkylation sites (tertiary alicyclic amines) is 1. The van der Waals surface area contributed by atoms with Crippen molar-refractivity contribution in [1.29, 1.82) is 0 Å². The summed E-state index contributed by atoms with van der Waals surface area (Å²) in [5.41, 5.74) is 0. The molecule has 0 aromatic heterocycles. The topological polar surface area (TPSA) is 27.3 Å².